The number of anilines is 2. The summed E-state index contributed by atoms with van der Waals surface area (Å²) in [6.07, 6.45) is 3.69. The quantitative estimate of drug-likeness (QED) is 0.185. The smallest absolute Gasteiger partial charge is 0.335 e. The maximum atomic E-state index is 13.1. The molecule has 2 amide bonds. The van der Waals surface area contributed by atoms with Crippen LogP contribution in [0.3, 0.4) is 0 Å². The Morgan fingerprint density at radius 1 is 0.897 bits per heavy atom. The molecule has 39 heavy (non-hydrogen) atoms. The number of carboxylic acids is 1. The Balaban J connectivity index is 1.32. The number of aromatic carboxylic acids is 1. The second-order valence-corrected chi connectivity index (χ2v) is 9.52. The van der Waals surface area contributed by atoms with E-state index in [0.717, 1.165) is 25.2 Å². The van der Waals surface area contributed by atoms with Crippen LogP contribution in [-0.2, 0) is 9.63 Å². The third kappa shape index (κ3) is 6.17. The third-order valence-corrected chi connectivity index (χ3v) is 6.86. The summed E-state index contributed by atoms with van der Waals surface area (Å²) in [6, 6.07) is 20.8. The van der Waals surface area contributed by atoms with Gasteiger partial charge < -0.3 is 20.6 Å². The number of hydrogen-bond acceptors (Lipinski definition) is 6. The van der Waals surface area contributed by atoms with Crippen molar-refractivity contribution in [1.29, 1.82) is 0 Å². The number of fused-ring (bicyclic) bond motifs is 1. The van der Waals surface area contributed by atoms with Crippen LogP contribution in [0.1, 0.15) is 51.1 Å². The Morgan fingerprint density at radius 2 is 1.62 bits per heavy atom. The van der Waals surface area contributed by atoms with Crippen molar-refractivity contribution in [2.24, 2.45) is 0 Å². The number of likely N-dealkylation sites (tertiary alicyclic amines) is 1. The SMILES string of the molecule is O=C1Nc2cc(C(=O)O)ccc2C1=C(Nc1ccc(C(=O)NOCCN2CCCCC2)cc1)c1ccccc1. The summed E-state index contributed by atoms with van der Waals surface area (Å²) in [4.78, 5) is 44.7. The van der Waals surface area contributed by atoms with Crippen molar-refractivity contribution in [1.82, 2.24) is 10.4 Å². The number of rotatable bonds is 9. The maximum Gasteiger partial charge on any atom is 0.335 e. The van der Waals surface area contributed by atoms with E-state index in [-0.39, 0.29) is 17.4 Å². The minimum Gasteiger partial charge on any atom is -0.478 e. The minimum atomic E-state index is -1.07. The summed E-state index contributed by atoms with van der Waals surface area (Å²) in [7, 11) is 0. The fourth-order valence-electron chi connectivity index (χ4n) is 4.82. The highest BCUT2D eigenvalue weighted by molar-refractivity contribution is 6.37. The highest BCUT2D eigenvalue weighted by atomic mass is 16.7. The zero-order valence-electron chi connectivity index (χ0n) is 21.4. The van der Waals surface area contributed by atoms with Gasteiger partial charge in [0.05, 0.1) is 29.1 Å². The molecule has 2 aliphatic heterocycles. The largest absolute Gasteiger partial charge is 0.478 e. The predicted molar refractivity (Wildman–Crippen MR) is 149 cm³/mol. The number of nitrogens with one attached hydrogen (secondary N) is 3. The third-order valence-electron chi connectivity index (χ3n) is 6.86. The van der Waals surface area contributed by atoms with Gasteiger partial charge in [0.15, 0.2) is 0 Å². The zero-order chi connectivity index (χ0) is 27.2. The molecule has 0 saturated carbocycles. The highest BCUT2D eigenvalue weighted by Crippen LogP contribution is 2.38. The number of carboxylic acid groups (broad SMARTS) is 1. The highest BCUT2D eigenvalue weighted by Gasteiger charge is 2.29. The summed E-state index contributed by atoms with van der Waals surface area (Å²) in [5, 5.41) is 15.4. The van der Waals surface area contributed by atoms with Gasteiger partial charge in [0, 0.05) is 23.4 Å². The maximum absolute atomic E-state index is 13.1. The number of hydroxylamine groups is 1. The fraction of sp³-hybridized carbons (Fsp3) is 0.233. The number of benzene rings is 3. The lowest BCUT2D eigenvalue weighted by Gasteiger charge is -2.25. The normalized spacial score (nSPS) is 16.3. The van der Waals surface area contributed by atoms with Crippen LogP contribution < -0.4 is 16.1 Å². The van der Waals surface area contributed by atoms with E-state index in [2.05, 4.69) is 21.0 Å². The van der Waals surface area contributed by atoms with E-state index in [1.165, 1.54) is 31.4 Å². The topological polar surface area (TPSA) is 120 Å². The Labute approximate surface area is 226 Å². The number of nitrogens with zero attached hydrogens (tertiary/aromatic N) is 1. The van der Waals surface area contributed by atoms with Crippen molar-refractivity contribution in [3.05, 3.63) is 95.1 Å². The molecular weight excluding hydrogens is 496 g/mol. The predicted octanol–water partition coefficient (Wildman–Crippen LogP) is 4.46. The summed E-state index contributed by atoms with van der Waals surface area (Å²) in [5.74, 6) is -1.74. The number of amides is 2. The van der Waals surface area contributed by atoms with Crippen LogP contribution in [-0.4, -0.2) is 54.0 Å². The van der Waals surface area contributed by atoms with E-state index >= 15 is 0 Å². The van der Waals surface area contributed by atoms with Crippen LogP contribution in [0.25, 0.3) is 11.3 Å². The zero-order valence-corrected chi connectivity index (χ0v) is 21.4. The van der Waals surface area contributed by atoms with Crippen LogP contribution in [0.4, 0.5) is 11.4 Å². The minimum absolute atomic E-state index is 0.0915. The lowest BCUT2D eigenvalue weighted by atomic mass is 9.99. The number of carbonyl (C=O) groups excluding carboxylic acids is 2. The molecule has 9 heteroatoms. The molecule has 0 aliphatic carbocycles. The van der Waals surface area contributed by atoms with Gasteiger partial charge in [0.25, 0.3) is 11.8 Å². The van der Waals surface area contributed by atoms with Gasteiger partial charge in [-0.05, 0) is 67.9 Å². The Bertz CT molecular complexity index is 1400. The molecule has 4 N–H and O–H groups in total. The second kappa shape index (κ2) is 11.9. The van der Waals surface area contributed by atoms with E-state index in [0.29, 0.717) is 40.4 Å². The first-order chi connectivity index (χ1) is 19.0. The first kappa shape index (κ1) is 26.1. The molecule has 5 rings (SSSR count). The van der Waals surface area contributed by atoms with E-state index in [4.69, 9.17) is 4.84 Å². The molecule has 0 radical (unpaired) electrons. The van der Waals surface area contributed by atoms with Crippen molar-refractivity contribution >= 4 is 40.4 Å². The van der Waals surface area contributed by atoms with E-state index < -0.39 is 5.97 Å². The standard InChI is InChI=1S/C30H30N4O5/c35-28(33-39-18-17-34-15-5-2-6-16-34)21-9-12-23(13-10-21)31-27(20-7-3-1-4-8-20)26-24-14-11-22(30(37)38)19-25(24)32-29(26)36/h1,3-4,7-14,19,31H,2,5-6,15-18H2,(H,32,36)(H,33,35)(H,37,38). The average Bonchev–Trinajstić information content (AvgIpc) is 3.30. The molecule has 0 spiro atoms. The van der Waals surface area contributed by atoms with E-state index in [1.807, 2.05) is 30.3 Å². The van der Waals surface area contributed by atoms with Crippen LogP contribution >= 0.6 is 0 Å². The monoisotopic (exact) mass is 526 g/mol. The van der Waals surface area contributed by atoms with Gasteiger partial charge in [0.1, 0.15) is 0 Å². The van der Waals surface area contributed by atoms with Crippen LogP contribution in [0.15, 0.2) is 72.8 Å². The fourth-order valence-corrected chi connectivity index (χ4v) is 4.82. The average molecular weight is 527 g/mol. The Hall–Kier alpha value is -4.47. The number of hydrogen-bond donors (Lipinski definition) is 4. The molecule has 3 aromatic rings. The summed E-state index contributed by atoms with van der Waals surface area (Å²) >= 11 is 0. The van der Waals surface area contributed by atoms with Crippen molar-refractivity contribution < 1.29 is 24.3 Å². The van der Waals surface area contributed by atoms with Gasteiger partial charge in [0.2, 0.25) is 0 Å². The van der Waals surface area contributed by atoms with E-state index in [1.54, 1.807) is 30.3 Å². The molecule has 0 unspecified atom stereocenters. The van der Waals surface area contributed by atoms with Gasteiger partial charge in [-0.3, -0.25) is 14.4 Å². The van der Waals surface area contributed by atoms with Gasteiger partial charge in [-0.2, -0.15) is 0 Å². The van der Waals surface area contributed by atoms with Crippen molar-refractivity contribution in [2.45, 2.75) is 19.3 Å². The molecule has 0 aromatic heterocycles. The first-order valence-corrected chi connectivity index (χ1v) is 13.0. The van der Waals surface area contributed by atoms with Gasteiger partial charge in [-0.15, -0.1) is 0 Å². The lowest BCUT2D eigenvalue weighted by molar-refractivity contribution is -0.110. The van der Waals surface area contributed by atoms with Crippen LogP contribution in [0, 0.1) is 0 Å². The Kier molecular flexibility index (Phi) is 8.00. The summed E-state index contributed by atoms with van der Waals surface area (Å²) in [5.41, 5.74) is 6.51. The molecule has 200 valence electrons. The molecule has 1 fully saturated rings. The first-order valence-electron chi connectivity index (χ1n) is 13.0. The van der Waals surface area contributed by atoms with Crippen LogP contribution in [0.2, 0.25) is 0 Å². The molecule has 0 bridgehead atoms. The molecule has 0 atom stereocenters. The van der Waals surface area contributed by atoms with Gasteiger partial charge >= 0.3 is 5.97 Å². The van der Waals surface area contributed by atoms with Crippen molar-refractivity contribution in [3.8, 4) is 0 Å². The van der Waals surface area contributed by atoms with Gasteiger partial charge in [-0.1, -0.05) is 42.8 Å². The Morgan fingerprint density at radius 3 is 2.33 bits per heavy atom. The number of carbonyl (C=O) groups is 3. The van der Waals surface area contributed by atoms with Crippen LogP contribution in [0.5, 0.6) is 0 Å². The molecular formula is C30H30N4O5. The molecule has 9 nitrogen and oxygen atoms in total. The summed E-state index contributed by atoms with van der Waals surface area (Å²) < 4.78 is 0. The number of piperidine rings is 1. The molecule has 3 aromatic carbocycles. The second-order valence-electron chi connectivity index (χ2n) is 9.52. The molecule has 2 aliphatic rings. The molecule has 1 saturated heterocycles. The molecule has 2 heterocycles. The summed E-state index contributed by atoms with van der Waals surface area (Å²) in [6.45, 7) is 3.36. The van der Waals surface area contributed by atoms with Gasteiger partial charge in [-0.25, -0.2) is 10.3 Å². The van der Waals surface area contributed by atoms with Crippen molar-refractivity contribution in [2.75, 3.05) is 36.9 Å². The van der Waals surface area contributed by atoms with E-state index in [9.17, 15) is 19.5 Å². The van der Waals surface area contributed by atoms with Crippen molar-refractivity contribution in [3.63, 3.8) is 0 Å². The lowest BCUT2D eigenvalue weighted by Crippen LogP contribution is -2.35.